The number of aromatic nitrogens is 3. The number of nitrogens with zero attached hydrogens (tertiary/aromatic N) is 3. The molecule has 164 valence electrons. The lowest BCUT2D eigenvalue weighted by molar-refractivity contribution is -0.143. The molecule has 0 aromatic carbocycles. The monoisotopic (exact) mass is 418 g/mol. The average Bonchev–Trinajstić information content (AvgIpc) is 3.11. The van der Waals surface area contributed by atoms with Crippen LogP contribution >= 0.6 is 0 Å². The summed E-state index contributed by atoms with van der Waals surface area (Å²) in [6, 6.07) is -0.697. The van der Waals surface area contributed by atoms with Crippen molar-refractivity contribution in [3.63, 3.8) is 0 Å². The maximum absolute atomic E-state index is 13.0. The van der Waals surface area contributed by atoms with Crippen LogP contribution in [-0.4, -0.2) is 55.8 Å². The number of nitrogens with two attached hydrogens (primary N) is 1. The van der Waals surface area contributed by atoms with E-state index in [1.165, 1.54) is 6.20 Å². The van der Waals surface area contributed by atoms with Gasteiger partial charge in [0.05, 0.1) is 24.0 Å². The van der Waals surface area contributed by atoms with Crippen LogP contribution in [0.2, 0.25) is 0 Å². The third-order valence-corrected chi connectivity index (χ3v) is 7.11. The standard InChI is InChI=1S/C20H30N6O4/c1-18(2,30)14-11-23-25-26(14)12-9-13(22-10-12)17(29)24-20(15(27)16(21)28)7-5-19(3-4-19)6-8-20/h11-13,22,30H,3-10H2,1-2H3,(H2,21,28)(H,24,29). The van der Waals surface area contributed by atoms with E-state index < -0.39 is 28.9 Å². The van der Waals surface area contributed by atoms with Gasteiger partial charge in [0.25, 0.3) is 5.91 Å². The lowest BCUT2D eigenvalue weighted by Gasteiger charge is -2.39. The number of nitrogens with one attached hydrogen (secondary N) is 2. The van der Waals surface area contributed by atoms with Crippen molar-refractivity contribution in [3.8, 4) is 0 Å². The highest BCUT2D eigenvalue weighted by Gasteiger charge is 2.54. The molecule has 1 aliphatic heterocycles. The van der Waals surface area contributed by atoms with Gasteiger partial charge in [0, 0.05) is 6.54 Å². The predicted molar refractivity (Wildman–Crippen MR) is 106 cm³/mol. The van der Waals surface area contributed by atoms with Crippen molar-refractivity contribution in [1.29, 1.82) is 0 Å². The molecule has 2 amide bonds. The summed E-state index contributed by atoms with van der Waals surface area (Å²) in [5.74, 6) is -2.03. The summed E-state index contributed by atoms with van der Waals surface area (Å²) >= 11 is 0. The third kappa shape index (κ3) is 3.74. The first-order valence-electron chi connectivity index (χ1n) is 10.6. The fourth-order valence-electron chi connectivity index (χ4n) is 4.91. The largest absolute Gasteiger partial charge is 0.384 e. The van der Waals surface area contributed by atoms with Crippen LogP contribution in [0.25, 0.3) is 0 Å². The smallest absolute Gasteiger partial charge is 0.287 e. The highest BCUT2D eigenvalue weighted by atomic mass is 16.3. The second-order valence-electron chi connectivity index (χ2n) is 9.74. The number of primary amides is 1. The Morgan fingerprint density at radius 1 is 1.23 bits per heavy atom. The highest BCUT2D eigenvalue weighted by Crippen LogP contribution is 2.58. The van der Waals surface area contributed by atoms with E-state index in [0.717, 1.165) is 25.7 Å². The number of carbonyl (C=O) groups is 3. The van der Waals surface area contributed by atoms with Crippen LogP contribution in [0.4, 0.5) is 0 Å². The Labute approximate surface area is 174 Å². The SMILES string of the molecule is CC(C)(O)c1cnnn1C1CNC(C(=O)NC2(C(=O)C(N)=O)CCC3(CC3)CC2)C1. The predicted octanol–water partition coefficient (Wildman–Crippen LogP) is -0.328. The van der Waals surface area contributed by atoms with E-state index in [9.17, 15) is 19.5 Å². The van der Waals surface area contributed by atoms with Crippen molar-refractivity contribution in [3.05, 3.63) is 11.9 Å². The molecule has 10 nitrogen and oxygen atoms in total. The molecule has 10 heteroatoms. The van der Waals surface area contributed by atoms with Crippen LogP contribution in [0.5, 0.6) is 0 Å². The highest BCUT2D eigenvalue weighted by molar-refractivity contribution is 6.39. The molecule has 1 aromatic heterocycles. The van der Waals surface area contributed by atoms with Gasteiger partial charge in [0.2, 0.25) is 11.7 Å². The van der Waals surface area contributed by atoms with Crippen LogP contribution in [0, 0.1) is 5.41 Å². The number of rotatable bonds is 6. The molecule has 1 spiro atoms. The van der Waals surface area contributed by atoms with E-state index in [4.69, 9.17) is 5.73 Å². The van der Waals surface area contributed by atoms with E-state index in [0.29, 0.717) is 36.9 Å². The fraction of sp³-hybridized carbons (Fsp3) is 0.750. The molecule has 1 aromatic rings. The number of amides is 2. The zero-order valence-electron chi connectivity index (χ0n) is 17.5. The average molecular weight is 418 g/mol. The van der Waals surface area contributed by atoms with Gasteiger partial charge in [-0.15, -0.1) is 5.10 Å². The molecule has 30 heavy (non-hydrogen) atoms. The topological polar surface area (TPSA) is 152 Å². The van der Waals surface area contributed by atoms with Crippen molar-refractivity contribution < 1.29 is 19.5 Å². The lowest BCUT2D eigenvalue weighted by atomic mass is 9.72. The van der Waals surface area contributed by atoms with Crippen LogP contribution in [0.15, 0.2) is 6.20 Å². The molecule has 4 rings (SSSR count). The maximum atomic E-state index is 13.0. The first-order valence-corrected chi connectivity index (χ1v) is 10.6. The van der Waals surface area contributed by atoms with Crippen molar-refractivity contribution in [2.45, 2.75) is 82.0 Å². The Kier molecular flexibility index (Phi) is 4.97. The Hall–Kier alpha value is -2.33. The van der Waals surface area contributed by atoms with Crippen molar-refractivity contribution in [2.75, 3.05) is 6.54 Å². The normalized spacial score (nSPS) is 27.0. The van der Waals surface area contributed by atoms with Gasteiger partial charge >= 0.3 is 0 Å². The first-order chi connectivity index (χ1) is 14.1. The minimum Gasteiger partial charge on any atom is -0.384 e. The molecule has 2 unspecified atom stereocenters. The second-order valence-corrected chi connectivity index (χ2v) is 9.74. The molecule has 2 saturated carbocycles. The minimum absolute atomic E-state index is 0.159. The summed E-state index contributed by atoms with van der Waals surface area (Å²) in [6.45, 7) is 3.79. The van der Waals surface area contributed by atoms with E-state index in [2.05, 4.69) is 20.9 Å². The van der Waals surface area contributed by atoms with Crippen LogP contribution in [0.1, 0.15) is 70.5 Å². The van der Waals surface area contributed by atoms with E-state index in [1.54, 1.807) is 18.5 Å². The van der Waals surface area contributed by atoms with Gasteiger partial charge in [0.15, 0.2) is 0 Å². The zero-order chi connectivity index (χ0) is 21.7. The summed E-state index contributed by atoms with van der Waals surface area (Å²) in [7, 11) is 0. The number of aliphatic hydroxyl groups is 1. The van der Waals surface area contributed by atoms with Crippen molar-refractivity contribution in [1.82, 2.24) is 25.6 Å². The Balaban J connectivity index is 1.46. The van der Waals surface area contributed by atoms with E-state index in [1.807, 2.05) is 0 Å². The Morgan fingerprint density at radius 2 is 1.87 bits per heavy atom. The van der Waals surface area contributed by atoms with Gasteiger partial charge in [-0.2, -0.15) is 0 Å². The van der Waals surface area contributed by atoms with Crippen LogP contribution < -0.4 is 16.4 Å². The number of ketones is 1. The zero-order valence-corrected chi connectivity index (χ0v) is 17.5. The molecular weight excluding hydrogens is 388 g/mol. The number of hydrogen-bond donors (Lipinski definition) is 4. The molecule has 3 aliphatic rings. The second kappa shape index (κ2) is 7.12. The van der Waals surface area contributed by atoms with Crippen molar-refractivity contribution in [2.24, 2.45) is 11.1 Å². The summed E-state index contributed by atoms with van der Waals surface area (Å²) < 4.78 is 1.64. The molecule has 5 N–H and O–H groups in total. The van der Waals surface area contributed by atoms with Crippen molar-refractivity contribution >= 4 is 17.6 Å². The maximum Gasteiger partial charge on any atom is 0.287 e. The van der Waals surface area contributed by atoms with E-state index >= 15 is 0 Å². The van der Waals surface area contributed by atoms with Gasteiger partial charge in [0.1, 0.15) is 11.1 Å². The minimum atomic E-state index is -1.21. The number of Topliss-reactive ketones (excluding diaryl/α,β-unsaturated/α-hetero) is 1. The molecule has 0 bridgehead atoms. The number of hydrogen-bond acceptors (Lipinski definition) is 7. The fourth-order valence-corrected chi connectivity index (χ4v) is 4.91. The first kappa shape index (κ1) is 20.9. The molecule has 2 atom stereocenters. The third-order valence-electron chi connectivity index (χ3n) is 7.11. The lowest BCUT2D eigenvalue weighted by Crippen LogP contribution is -2.62. The van der Waals surface area contributed by atoms with E-state index in [-0.39, 0.29) is 11.9 Å². The van der Waals surface area contributed by atoms with Gasteiger partial charge in [-0.05, 0) is 64.2 Å². The molecular formula is C20H30N6O4. The summed E-state index contributed by atoms with van der Waals surface area (Å²) in [4.78, 5) is 37.4. The molecule has 3 fully saturated rings. The van der Waals surface area contributed by atoms with Crippen LogP contribution in [0.3, 0.4) is 0 Å². The van der Waals surface area contributed by atoms with Crippen LogP contribution in [-0.2, 0) is 20.0 Å². The summed E-state index contributed by atoms with van der Waals surface area (Å²) in [5.41, 5.74) is 3.86. The Bertz CT molecular complexity index is 859. The molecule has 2 aliphatic carbocycles. The summed E-state index contributed by atoms with van der Waals surface area (Å²) in [5, 5.41) is 24.4. The van der Waals surface area contributed by atoms with Gasteiger partial charge in [-0.1, -0.05) is 5.21 Å². The summed E-state index contributed by atoms with van der Waals surface area (Å²) in [6.07, 6.45) is 6.78. The van der Waals surface area contributed by atoms with Gasteiger partial charge in [-0.3, -0.25) is 14.4 Å². The molecule has 0 radical (unpaired) electrons. The van der Waals surface area contributed by atoms with Gasteiger partial charge < -0.3 is 21.5 Å². The molecule has 1 saturated heterocycles. The Morgan fingerprint density at radius 3 is 2.43 bits per heavy atom. The molecule has 2 heterocycles. The quantitative estimate of drug-likeness (QED) is 0.462. The van der Waals surface area contributed by atoms with Gasteiger partial charge in [-0.25, -0.2) is 4.68 Å². The number of carbonyl (C=O) groups excluding carboxylic acids is 3.